The van der Waals surface area contributed by atoms with Crippen LogP contribution in [0.2, 0.25) is 0 Å². The van der Waals surface area contributed by atoms with Gasteiger partial charge in [-0.2, -0.15) is 17.0 Å². The molecule has 15 heavy (non-hydrogen) atoms. The van der Waals surface area contributed by atoms with Crippen molar-refractivity contribution in [2.45, 2.75) is 18.9 Å². The minimum atomic E-state index is 0.475. The molecule has 3 nitrogen and oxygen atoms in total. The maximum atomic E-state index is 8.72. The summed E-state index contributed by atoms with van der Waals surface area (Å²) < 4.78 is 0. The van der Waals surface area contributed by atoms with Gasteiger partial charge in [-0.3, -0.25) is 0 Å². The lowest BCUT2D eigenvalue weighted by molar-refractivity contribution is 0.682. The molecule has 1 aromatic heterocycles. The van der Waals surface area contributed by atoms with Crippen molar-refractivity contribution in [3.8, 4) is 6.07 Å². The fourth-order valence-corrected chi connectivity index (χ4v) is 2.71. The van der Waals surface area contributed by atoms with Gasteiger partial charge < -0.3 is 5.32 Å². The second-order valence-electron chi connectivity index (χ2n) is 3.58. The van der Waals surface area contributed by atoms with Gasteiger partial charge in [0.2, 0.25) is 0 Å². The van der Waals surface area contributed by atoms with Crippen molar-refractivity contribution < 1.29 is 0 Å². The van der Waals surface area contributed by atoms with Crippen LogP contribution in [0, 0.1) is 11.3 Å². The van der Waals surface area contributed by atoms with Gasteiger partial charge in [-0.1, -0.05) is 6.07 Å². The normalized spacial score (nSPS) is 20.6. The van der Waals surface area contributed by atoms with Crippen LogP contribution in [0.1, 0.15) is 18.5 Å². The molecule has 0 aliphatic carbocycles. The van der Waals surface area contributed by atoms with Gasteiger partial charge in [0.05, 0.1) is 0 Å². The van der Waals surface area contributed by atoms with Crippen LogP contribution in [0.3, 0.4) is 0 Å². The average Bonchev–Trinajstić information content (AvgIpc) is 2.31. The van der Waals surface area contributed by atoms with E-state index in [2.05, 4.69) is 10.3 Å². The fourth-order valence-electron chi connectivity index (χ4n) is 1.64. The largest absolute Gasteiger partial charge is 0.366 e. The summed E-state index contributed by atoms with van der Waals surface area (Å²) in [5.41, 5.74) is 0.475. The highest BCUT2D eigenvalue weighted by Crippen LogP contribution is 2.19. The van der Waals surface area contributed by atoms with E-state index in [9.17, 15) is 0 Å². The van der Waals surface area contributed by atoms with Gasteiger partial charge in [-0.05, 0) is 30.7 Å². The molecule has 4 heteroatoms. The number of hydrogen-bond acceptors (Lipinski definition) is 4. The van der Waals surface area contributed by atoms with Gasteiger partial charge in [0, 0.05) is 11.8 Å². The summed E-state index contributed by atoms with van der Waals surface area (Å²) in [4.78, 5) is 4.20. The molecular weight excluding hydrogens is 206 g/mol. The molecule has 1 aliphatic heterocycles. The van der Waals surface area contributed by atoms with Gasteiger partial charge in [0.1, 0.15) is 17.6 Å². The first-order valence-corrected chi connectivity index (χ1v) is 6.25. The molecule has 0 bridgehead atoms. The van der Waals surface area contributed by atoms with Crippen LogP contribution in [0.15, 0.2) is 18.2 Å². The molecule has 1 atom stereocenters. The number of nitriles is 1. The molecule has 1 N–H and O–H groups in total. The fraction of sp³-hybridized carbons (Fsp3) is 0.455. The second kappa shape index (κ2) is 5.04. The summed E-state index contributed by atoms with van der Waals surface area (Å²) in [6, 6.07) is 8.06. The van der Waals surface area contributed by atoms with Crippen LogP contribution in [-0.2, 0) is 0 Å². The number of aromatic nitrogens is 1. The van der Waals surface area contributed by atoms with E-state index in [1.807, 2.05) is 30.0 Å². The number of nitrogens with zero attached hydrogens (tertiary/aromatic N) is 2. The number of pyridine rings is 1. The van der Waals surface area contributed by atoms with Crippen LogP contribution >= 0.6 is 11.8 Å². The van der Waals surface area contributed by atoms with E-state index in [4.69, 9.17) is 5.26 Å². The lowest BCUT2D eigenvalue weighted by atomic mass is 10.2. The number of anilines is 1. The third kappa shape index (κ3) is 2.87. The molecule has 1 saturated heterocycles. The molecule has 1 fully saturated rings. The first-order valence-electron chi connectivity index (χ1n) is 5.10. The first kappa shape index (κ1) is 10.3. The van der Waals surface area contributed by atoms with Crippen molar-refractivity contribution in [2.24, 2.45) is 0 Å². The third-order valence-corrected chi connectivity index (χ3v) is 3.59. The van der Waals surface area contributed by atoms with Gasteiger partial charge in [-0.25, -0.2) is 4.98 Å². The van der Waals surface area contributed by atoms with Gasteiger partial charge in [-0.15, -0.1) is 0 Å². The van der Waals surface area contributed by atoms with E-state index in [0.29, 0.717) is 11.7 Å². The molecule has 1 aromatic rings. The number of hydrogen-bond donors (Lipinski definition) is 1. The van der Waals surface area contributed by atoms with E-state index in [-0.39, 0.29) is 0 Å². The smallest absolute Gasteiger partial charge is 0.142 e. The van der Waals surface area contributed by atoms with E-state index < -0.39 is 0 Å². The quantitative estimate of drug-likeness (QED) is 0.829. The van der Waals surface area contributed by atoms with Crippen molar-refractivity contribution in [1.29, 1.82) is 5.26 Å². The van der Waals surface area contributed by atoms with Crippen LogP contribution in [0.5, 0.6) is 0 Å². The molecule has 0 radical (unpaired) electrons. The maximum Gasteiger partial charge on any atom is 0.142 e. The van der Waals surface area contributed by atoms with Crippen molar-refractivity contribution in [3.63, 3.8) is 0 Å². The Morgan fingerprint density at radius 1 is 1.53 bits per heavy atom. The lowest BCUT2D eigenvalue weighted by Gasteiger charge is -2.22. The Labute approximate surface area is 93.9 Å². The summed E-state index contributed by atoms with van der Waals surface area (Å²) in [5, 5.41) is 12.1. The van der Waals surface area contributed by atoms with Crippen molar-refractivity contribution in [1.82, 2.24) is 4.98 Å². The summed E-state index contributed by atoms with van der Waals surface area (Å²) in [7, 11) is 0. The van der Waals surface area contributed by atoms with Gasteiger partial charge in [0.15, 0.2) is 0 Å². The van der Waals surface area contributed by atoms with Crippen molar-refractivity contribution in [2.75, 3.05) is 16.8 Å². The zero-order valence-electron chi connectivity index (χ0n) is 8.44. The van der Waals surface area contributed by atoms with E-state index in [1.165, 1.54) is 18.6 Å². The molecule has 0 saturated carbocycles. The van der Waals surface area contributed by atoms with E-state index in [0.717, 1.165) is 11.6 Å². The van der Waals surface area contributed by atoms with Crippen LogP contribution < -0.4 is 5.32 Å². The van der Waals surface area contributed by atoms with Gasteiger partial charge >= 0.3 is 0 Å². The Kier molecular flexibility index (Phi) is 3.46. The predicted octanol–water partition coefficient (Wildman–Crippen LogP) is 2.26. The summed E-state index contributed by atoms with van der Waals surface area (Å²) in [6.45, 7) is 0. The standard InChI is InChI=1S/C11H13N3S/c12-7-9-3-1-5-11(13-9)14-10-4-2-6-15-8-10/h1,3,5,10H,2,4,6,8H2,(H,13,14). The number of thioether (sulfide) groups is 1. The van der Waals surface area contributed by atoms with E-state index >= 15 is 0 Å². The predicted molar refractivity (Wildman–Crippen MR) is 62.9 cm³/mol. The topological polar surface area (TPSA) is 48.7 Å². The Balaban J connectivity index is 2.00. The highest BCUT2D eigenvalue weighted by atomic mass is 32.2. The van der Waals surface area contributed by atoms with Crippen molar-refractivity contribution >= 4 is 17.6 Å². The number of nitrogens with one attached hydrogen (secondary N) is 1. The summed E-state index contributed by atoms with van der Waals surface area (Å²) >= 11 is 1.98. The molecule has 1 unspecified atom stereocenters. The Morgan fingerprint density at radius 2 is 2.47 bits per heavy atom. The van der Waals surface area contributed by atoms with Gasteiger partial charge in [0.25, 0.3) is 0 Å². The average molecular weight is 219 g/mol. The Bertz CT molecular complexity index is 366. The molecule has 2 heterocycles. The highest BCUT2D eigenvalue weighted by Gasteiger charge is 2.13. The minimum absolute atomic E-state index is 0.475. The molecule has 0 aromatic carbocycles. The third-order valence-electron chi connectivity index (χ3n) is 2.38. The van der Waals surface area contributed by atoms with Crippen molar-refractivity contribution in [3.05, 3.63) is 23.9 Å². The number of rotatable bonds is 2. The Morgan fingerprint density at radius 3 is 3.20 bits per heavy atom. The monoisotopic (exact) mass is 219 g/mol. The zero-order chi connectivity index (χ0) is 10.5. The Hall–Kier alpha value is -1.21. The summed E-state index contributed by atoms with van der Waals surface area (Å²) in [6.07, 6.45) is 2.46. The lowest BCUT2D eigenvalue weighted by Crippen LogP contribution is -2.26. The van der Waals surface area contributed by atoms with E-state index in [1.54, 1.807) is 6.07 Å². The van der Waals surface area contributed by atoms with Crippen LogP contribution in [-0.4, -0.2) is 22.5 Å². The maximum absolute atomic E-state index is 8.72. The highest BCUT2D eigenvalue weighted by molar-refractivity contribution is 7.99. The molecule has 0 amide bonds. The van der Waals surface area contributed by atoms with Crippen LogP contribution in [0.25, 0.3) is 0 Å². The molecule has 78 valence electrons. The zero-order valence-corrected chi connectivity index (χ0v) is 9.26. The minimum Gasteiger partial charge on any atom is -0.366 e. The second-order valence-corrected chi connectivity index (χ2v) is 4.73. The molecule has 1 aliphatic rings. The summed E-state index contributed by atoms with van der Waals surface area (Å²) in [5.74, 6) is 3.23. The first-order chi connectivity index (χ1) is 7.38. The molecule has 0 spiro atoms. The molecular formula is C11H13N3S. The van der Waals surface area contributed by atoms with Crippen LogP contribution in [0.4, 0.5) is 5.82 Å². The molecule has 2 rings (SSSR count). The SMILES string of the molecule is N#Cc1cccc(NC2CCCSC2)n1.